The molecule has 9 heteroatoms. The van der Waals surface area contributed by atoms with Crippen LogP contribution in [0.5, 0.6) is 0 Å². The molecule has 0 atom stereocenters. The Morgan fingerprint density at radius 3 is 2.46 bits per heavy atom. The SMILES string of the molecule is CCc1c(-c2ccc(-c3cnc(C(N)=O)n3C)c(F)c2F)cnn1CCOC. The van der Waals surface area contributed by atoms with Crippen molar-refractivity contribution in [3.63, 3.8) is 0 Å². The fraction of sp³-hybridized carbons (Fsp3) is 0.316. The van der Waals surface area contributed by atoms with Crippen molar-refractivity contribution in [1.29, 1.82) is 0 Å². The first kappa shape index (κ1) is 19.7. The summed E-state index contributed by atoms with van der Waals surface area (Å²) in [5.41, 5.74) is 6.93. The Bertz CT molecular complexity index is 1030. The molecule has 0 bridgehead atoms. The molecule has 0 saturated heterocycles. The number of primary amides is 1. The number of ether oxygens (including phenoxy) is 1. The van der Waals surface area contributed by atoms with Gasteiger partial charge in [-0.05, 0) is 12.5 Å². The molecule has 0 fully saturated rings. The summed E-state index contributed by atoms with van der Waals surface area (Å²) in [5.74, 6) is -2.79. The Hall–Kier alpha value is -3.07. The smallest absolute Gasteiger partial charge is 0.284 e. The lowest BCUT2D eigenvalue weighted by molar-refractivity contribution is 0.0987. The van der Waals surface area contributed by atoms with Gasteiger partial charge in [0, 0.05) is 36.5 Å². The number of nitrogens with zero attached hydrogens (tertiary/aromatic N) is 4. The van der Waals surface area contributed by atoms with Gasteiger partial charge in [0.05, 0.1) is 31.2 Å². The molecule has 1 amide bonds. The van der Waals surface area contributed by atoms with E-state index in [1.807, 2.05) is 6.92 Å². The zero-order valence-electron chi connectivity index (χ0n) is 15.9. The number of hydrogen-bond donors (Lipinski definition) is 1. The second-order valence-corrected chi connectivity index (χ2v) is 6.25. The lowest BCUT2D eigenvalue weighted by Gasteiger charge is -2.11. The number of carbonyl (C=O) groups is 1. The second-order valence-electron chi connectivity index (χ2n) is 6.25. The fourth-order valence-electron chi connectivity index (χ4n) is 3.22. The van der Waals surface area contributed by atoms with Crippen molar-refractivity contribution in [2.45, 2.75) is 19.9 Å². The molecule has 0 aliphatic heterocycles. The van der Waals surface area contributed by atoms with Crippen LogP contribution in [0.2, 0.25) is 0 Å². The molecule has 3 aromatic rings. The van der Waals surface area contributed by atoms with E-state index in [1.54, 1.807) is 11.8 Å². The normalized spacial score (nSPS) is 11.2. The molecule has 0 aliphatic carbocycles. The van der Waals surface area contributed by atoms with E-state index in [1.165, 1.54) is 36.1 Å². The molecule has 0 saturated carbocycles. The van der Waals surface area contributed by atoms with Gasteiger partial charge in [-0.15, -0.1) is 0 Å². The molecule has 0 spiro atoms. The van der Waals surface area contributed by atoms with Gasteiger partial charge < -0.3 is 15.0 Å². The van der Waals surface area contributed by atoms with Crippen LogP contribution in [-0.4, -0.2) is 39.0 Å². The number of rotatable bonds is 7. The van der Waals surface area contributed by atoms with Gasteiger partial charge in [-0.2, -0.15) is 5.10 Å². The lowest BCUT2D eigenvalue weighted by Crippen LogP contribution is -2.17. The highest BCUT2D eigenvalue weighted by Gasteiger charge is 2.22. The number of nitrogens with two attached hydrogens (primary N) is 1. The van der Waals surface area contributed by atoms with E-state index in [2.05, 4.69) is 10.1 Å². The van der Waals surface area contributed by atoms with Crippen LogP contribution in [-0.2, 0) is 24.8 Å². The maximum atomic E-state index is 15.0. The summed E-state index contributed by atoms with van der Waals surface area (Å²) in [5, 5.41) is 4.27. The van der Waals surface area contributed by atoms with Gasteiger partial charge in [0.1, 0.15) is 0 Å². The lowest BCUT2D eigenvalue weighted by atomic mass is 10.0. The maximum absolute atomic E-state index is 15.0. The Kier molecular flexibility index (Phi) is 5.55. The topological polar surface area (TPSA) is 88.0 Å². The average molecular weight is 389 g/mol. The van der Waals surface area contributed by atoms with Crippen LogP contribution in [0.15, 0.2) is 24.5 Å². The summed E-state index contributed by atoms with van der Waals surface area (Å²) in [4.78, 5) is 15.2. The number of carbonyl (C=O) groups excluding carboxylic acids is 1. The molecule has 28 heavy (non-hydrogen) atoms. The summed E-state index contributed by atoms with van der Waals surface area (Å²) < 4.78 is 38.0. The number of amides is 1. The van der Waals surface area contributed by atoms with E-state index < -0.39 is 17.5 Å². The minimum Gasteiger partial charge on any atom is -0.383 e. The molecule has 2 N–H and O–H groups in total. The largest absolute Gasteiger partial charge is 0.383 e. The number of imidazole rings is 1. The highest BCUT2D eigenvalue weighted by molar-refractivity contribution is 5.90. The molecular weight excluding hydrogens is 368 g/mol. The number of halogens is 2. The predicted octanol–water partition coefficient (Wildman–Crippen LogP) is 2.54. The number of benzene rings is 1. The summed E-state index contributed by atoms with van der Waals surface area (Å²) in [6.45, 7) is 2.91. The van der Waals surface area contributed by atoms with E-state index in [0.29, 0.717) is 25.1 Å². The highest BCUT2D eigenvalue weighted by Crippen LogP contribution is 2.33. The van der Waals surface area contributed by atoms with Crippen LogP contribution in [0.4, 0.5) is 8.78 Å². The summed E-state index contributed by atoms with van der Waals surface area (Å²) in [7, 11) is 3.11. The third-order valence-corrected chi connectivity index (χ3v) is 4.65. The Labute approximate surface area is 160 Å². The second kappa shape index (κ2) is 7.89. The molecule has 0 radical (unpaired) electrons. The third-order valence-electron chi connectivity index (χ3n) is 4.65. The Balaban J connectivity index is 2.07. The number of hydrogen-bond acceptors (Lipinski definition) is 4. The molecule has 0 aliphatic rings. The molecule has 2 heterocycles. The van der Waals surface area contributed by atoms with Crippen molar-refractivity contribution < 1.29 is 18.3 Å². The maximum Gasteiger partial charge on any atom is 0.284 e. The monoisotopic (exact) mass is 389 g/mol. The Morgan fingerprint density at radius 2 is 1.86 bits per heavy atom. The minimum atomic E-state index is -1.02. The van der Waals surface area contributed by atoms with Crippen molar-refractivity contribution in [3.8, 4) is 22.4 Å². The molecule has 3 rings (SSSR count). The van der Waals surface area contributed by atoms with Gasteiger partial charge in [0.25, 0.3) is 5.91 Å². The van der Waals surface area contributed by atoms with Crippen LogP contribution >= 0.6 is 0 Å². The van der Waals surface area contributed by atoms with E-state index in [9.17, 15) is 13.6 Å². The molecule has 7 nitrogen and oxygen atoms in total. The third kappa shape index (κ3) is 3.29. The molecular formula is C19H21F2N5O2. The van der Waals surface area contributed by atoms with Gasteiger partial charge in [-0.3, -0.25) is 9.48 Å². The number of methoxy groups -OCH3 is 1. The molecule has 2 aromatic heterocycles. The van der Waals surface area contributed by atoms with Crippen LogP contribution in [0.1, 0.15) is 23.2 Å². The van der Waals surface area contributed by atoms with Gasteiger partial charge in [0.2, 0.25) is 0 Å². The van der Waals surface area contributed by atoms with Gasteiger partial charge in [-0.25, -0.2) is 13.8 Å². The first-order valence-electron chi connectivity index (χ1n) is 8.74. The van der Waals surface area contributed by atoms with Crippen LogP contribution in [0.25, 0.3) is 22.4 Å². The van der Waals surface area contributed by atoms with Crippen molar-refractivity contribution in [3.05, 3.63) is 47.7 Å². The summed E-state index contributed by atoms with van der Waals surface area (Å²) >= 11 is 0. The van der Waals surface area contributed by atoms with Crippen LogP contribution in [0, 0.1) is 11.6 Å². The quantitative estimate of drug-likeness (QED) is 0.673. The van der Waals surface area contributed by atoms with E-state index in [4.69, 9.17) is 10.5 Å². The first-order valence-corrected chi connectivity index (χ1v) is 8.74. The summed E-state index contributed by atoms with van der Waals surface area (Å²) in [6.07, 6.45) is 3.42. The highest BCUT2D eigenvalue weighted by atomic mass is 19.2. The van der Waals surface area contributed by atoms with Crippen LogP contribution in [0.3, 0.4) is 0 Å². The van der Waals surface area contributed by atoms with Gasteiger partial charge in [0.15, 0.2) is 17.5 Å². The van der Waals surface area contributed by atoms with Gasteiger partial charge >= 0.3 is 0 Å². The van der Waals surface area contributed by atoms with Gasteiger partial charge in [-0.1, -0.05) is 13.0 Å². The van der Waals surface area contributed by atoms with Crippen molar-refractivity contribution in [1.82, 2.24) is 19.3 Å². The first-order chi connectivity index (χ1) is 13.4. The zero-order valence-corrected chi connectivity index (χ0v) is 15.9. The predicted molar refractivity (Wildman–Crippen MR) is 99.6 cm³/mol. The van der Waals surface area contributed by atoms with E-state index in [0.717, 1.165) is 5.69 Å². The molecule has 0 unspecified atom stereocenters. The minimum absolute atomic E-state index is 0.00595. The van der Waals surface area contributed by atoms with Crippen LogP contribution < -0.4 is 5.73 Å². The van der Waals surface area contributed by atoms with E-state index in [-0.39, 0.29) is 22.6 Å². The fourth-order valence-corrected chi connectivity index (χ4v) is 3.22. The summed E-state index contributed by atoms with van der Waals surface area (Å²) in [6, 6.07) is 2.96. The van der Waals surface area contributed by atoms with Crippen molar-refractivity contribution in [2.24, 2.45) is 12.8 Å². The standard InChI is InChI=1S/C19H21F2N5O2/c1-4-14-13(9-24-26(14)7-8-28-3)11-5-6-12(17(21)16(11)20)15-10-23-19(18(22)27)25(15)2/h5-6,9-10H,4,7-8H2,1-3H3,(H2,22,27). The molecule has 1 aromatic carbocycles. The molecule has 148 valence electrons. The number of aromatic nitrogens is 4. The van der Waals surface area contributed by atoms with Crippen molar-refractivity contribution >= 4 is 5.91 Å². The average Bonchev–Trinajstić information content (AvgIpc) is 3.25. The zero-order chi connectivity index (χ0) is 20.4. The Morgan fingerprint density at radius 1 is 1.18 bits per heavy atom. The van der Waals surface area contributed by atoms with Crippen molar-refractivity contribution in [2.75, 3.05) is 13.7 Å². The van der Waals surface area contributed by atoms with E-state index >= 15 is 0 Å².